The molecule has 0 aromatic heterocycles. The van der Waals surface area contributed by atoms with Crippen molar-refractivity contribution in [2.24, 2.45) is 11.8 Å². The average Bonchev–Trinajstić information content (AvgIpc) is 3.37. The molecule has 0 saturated carbocycles. The van der Waals surface area contributed by atoms with E-state index in [4.69, 9.17) is 0 Å². The van der Waals surface area contributed by atoms with E-state index in [0.717, 1.165) is 32.1 Å². The van der Waals surface area contributed by atoms with E-state index in [1.165, 1.54) is 0 Å². The van der Waals surface area contributed by atoms with E-state index < -0.39 is 22.6 Å². The number of hydrogen-bond donors (Lipinski definition) is 1. The van der Waals surface area contributed by atoms with Gasteiger partial charge in [0.2, 0.25) is 17.7 Å². The van der Waals surface area contributed by atoms with Gasteiger partial charge in [0.15, 0.2) is 0 Å². The Balaban J connectivity index is 2.04. The number of amides is 3. The van der Waals surface area contributed by atoms with Crippen molar-refractivity contribution < 1.29 is 19.5 Å². The van der Waals surface area contributed by atoms with Gasteiger partial charge in [-0.15, -0.1) is 24.9 Å². The topological polar surface area (TPSA) is 81.2 Å². The fourth-order valence-electron chi connectivity index (χ4n) is 6.31. The Morgan fingerprint density at radius 2 is 1.76 bits per heavy atom. The van der Waals surface area contributed by atoms with Crippen molar-refractivity contribution in [3.8, 4) is 0 Å². The molecule has 3 rings (SSSR count). The number of hydrogen-bond acceptors (Lipinski definition) is 5. The molecule has 2 bridgehead atoms. The maximum Gasteiger partial charge on any atom is 0.247 e. The number of likely N-dealkylation sites (tertiary alicyclic amines) is 1. The van der Waals surface area contributed by atoms with Crippen molar-refractivity contribution in [1.82, 2.24) is 14.7 Å². The second kappa shape index (κ2) is 10.9. The van der Waals surface area contributed by atoms with Gasteiger partial charge in [-0.05, 0) is 32.6 Å². The molecule has 0 aromatic rings. The average molecular weight is 492 g/mol. The lowest BCUT2D eigenvalue weighted by molar-refractivity contribution is -0.145. The van der Waals surface area contributed by atoms with Gasteiger partial charge in [0, 0.05) is 37.5 Å². The second-order valence-corrected chi connectivity index (χ2v) is 11.9. The number of carbonyl (C=O) groups is 3. The first-order valence-corrected chi connectivity index (χ1v) is 13.5. The molecule has 3 aliphatic rings. The minimum Gasteiger partial charge on any atom is -0.395 e. The Kier molecular flexibility index (Phi) is 8.56. The molecule has 1 N–H and O–H groups in total. The van der Waals surface area contributed by atoms with Crippen LogP contribution in [0, 0.1) is 11.8 Å². The lowest BCUT2D eigenvalue weighted by Crippen LogP contribution is -2.55. The SMILES string of the molecule is C=CCN(CCCC)C(=O)C1N(CCO)C(=O)[C@@H]2[C@@H](C(=O)N(CC=C)CCC)[C@@]3(C)CCC12S3. The third-order valence-electron chi connectivity index (χ3n) is 7.71. The largest absolute Gasteiger partial charge is 0.395 e. The van der Waals surface area contributed by atoms with Gasteiger partial charge in [-0.3, -0.25) is 14.4 Å². The summed E-state index contributed by atoms with van der Waals surface area (Å²) in [6, 6.07) is -0.669. The van der Waals surface area contributed by atoms with Crippen LogP contribution in [0.15, 0.2) is 25.3 Å². The minimum absolute atomic E-state index is 0.0114. The van der Waals surface area contributed by atoms with E-state index in [9.17, 15) is 19.5 Å². The van der Waals surface area contributed by atoms with Gasteiger partial charge in [-0.1, -0.05) is 32.4 Å². The number of fused-ring (bicyclic) bond motifs is 1. The molecule has 190 valence electrons. The van der Waals surface area contributed by atoms with Crippen LogP contribution in [0.25, 0.3) is 0 Å². The maximum atomic E-state index is 14.0. The van der Waals surface area contributed by atoms with E-state index >= 15 is 0 Å². The first kappa shape index (κ1) is 26.8. The van der Waals surface area contributed by atoms with Crippen LogP contribution in [-0.2, 0) is 14.4 Å². The lowest BCUT2D eigenvalue weighted by atomic mass is 9.66. The monoisotopic (exact) mass is 491 g/mol. The third-order valence-corrected chi connectivity index (χ3v) is 9.70. The lowest BCUT2D eigenvalue weighted by Gasteiger charge is -2.38. The Bertz CT molecular complexity index is 820. The van der Waals surface area contributed by atoms with Crippen LogP contribution in [-0.4, -0.2) is 92.4 Å². The summed E-state index contributed by atoms with van der Waals surface area (Å²) in [5, 5.41) is 9.78. The number of carbonyl (C=O) groups excluding carboxylic acids is 3. The Hall–Kier alpha value is -1.80. The number of rotatable bonds is 13. The van der Waals surface area contributed by atoms with E-state index in [2.05, 4.69) is 27.0 Å². The zero-order chi connectivity index (χ0) is 25.1. The van der Waals surface area contributed by atoms with Gasteiger partial charge in [-0.2, -0.15) is 0 Å². The first-order valence-electron chi connectivity index (χ1n) is 12.7. The number of aliphatic hydroxyl groups is 1. The van der Waals surface area contributed by atoms with E-state index in [-0.39, 0.29) is 35.6 Å². The number of unbranched alkanes of at least 4 members (excludes halogenated alkanes) is 1. The highest BCUT2D eigenvalue weighted by molar-refractivity contribution is 8.02. The van der Waals surface area contributed by atoms with Crippen LogP contribution in [0.5, 0.6) is 0 Å². The molecule has 5 atom stereocenters. The van der Waals surface area contributed by atoms with Crippen LogP contribution in [0.1, 0.15) is 52.9 Å². The molecule has 0 radical (unpaired) electrons. The molecule has 1 spiro atoms. The van der Waals surface area contributed by atoms with E-state index in [1.54, 1.807) is 33.7 Å². The number of thioether (sulfide) groups is 1. The summed E-state index contributed by atoms with van der Waals surface area (Å²) in [5.74, 6) is -1.29. The van der Waals surface area contributed by atoms with Gasteiger partial charge >= 0.3 is 0 Å². The van der Waals surface area contributed by atoms with Crippen molar-refractivity contribution in [1.29, 1.82) is 0 Å². The molecule has 34 heavy (non-hydrogen) atoms. The molecular formula is C26H41N3O4S. The molecule has 3 aliphatic heterocycles. The molecule has 0 aliphatic carbocycles. The Morgan fingerprint density at radius 1 is 1.12 bits per heavy atom. The number of β-amino-alcohol motifs (C(OH)–C–C–N with tert-alkyl or cyclic N) is 1. The van der Waals surface area contributed by atoms with Crippen molar-refractivity contribution in [3.63, 3.8) is 0 Å². The summed E-state index contributed by atoms with van der Waals surface area (Å²) in [7, 11) is 0. The molecule has 3 saturated heterocycles. The predicted octanol–water partition coefficient (Wildman–Crippen LogP) is 2.70. The standard InChI is InChI=1S/C26H41N3O4S/c1-6-10-16-28(15-9-4)24(33)21-26-12-11-25(5,34-26)19(20(26)23(32)29(21)17-18-30)22(31)27(13-7-2)14-8-3/h7,9,19-21,30H,2,4,6,8,10-18H2,1,3,5H3/t19-,20-,21?,25+,26?/m0/s1. The van der Waals surface area contributed by atoms with Crippen molar-refractivity contribution in [2.45, 2.75) is 68.4 Å². The zero-order valence-corrected chi connectivity index (χ0v) is 21.8. The summed E-state index contributed by atoms with van der Waals surface area (Å²) in [6.45, 7) is 15.8. The summed E-state index contributed by atoms with van der Waals surface area (Å²) in [5.41, 5.74) is 0. The highest BCUT2D eigenvalue weighted by atomic mass is 32.2. The maximum absolute atomic E-state index is 14.0. The molecule has 3 amide bonds. The molecule has 7 nitrogen and oxygen atoms in total. The second-order valence-electron chi connectivity index (χ2n) is 9.98. The first-order chi connectivity index (χ1) is 16.3. The number of aliphatic hydroxyl groups excluding tert-OH is 1. The van der Waals surface area contributed by atoms with Crippen LogP contribution < -0.4 is 0 Å². The quantitative estimate of drug-likeness (QED) is 0.401. The summed E-state index contributed by atoms with van der Waals surface area (Å²) < 4.78 is -1.03. The fourth-order valence-corrected chi connectivity index (χ4v) is 8.66. The minimum atomic E-state index is -0.669. The molecule has 0 aromatic carbocycles. The van der Waals surface area contributed by atoms with Gasteiger partial charge in [0.25, 0.3) is 0 Å². The highest BCUT2D eigenvalue weighted by Crippen LogP contribution is 2.71. The summed E-state index contributed by atoms with van der Waals surface area (Å²) in [6.07, 6.45) is 7.62. The van der Waals surface area contributed by atoms with Gasteiger partial charge in [0.05, 0.1) is 23.2 Å². The fraction of sp³-hybridized carbons (Fsp3) is 0.731. The molecule has 3 fully saturated rings. The molecule has 3 heterocycles. The van der Waals surface area contributed by atoms with Crippen LogP contribution >= 0.6 is 11.8 Å². The molecule has 8 heteroatoms. The zero-order valence-electron chi connectivity index (χ0n) is 21.0. The number of nitrogens with zero attached hydrogens (tertiary/aromatic N) is 3. The smallest absolute Gasteiger partial charge is 0.247 e. The molecular weight excluding hydrogens is 450 g/mol. The van der Waals surface area contributed by atoms with Gasteiger partial charge < -0.3 is 19.8 Å². The third kappa shape index (κ3) is 4.32. The van der Waals surface area contributed by atoms with E-state index in [1.807, 2.05) is 11.8 Å². The highest BCUT2D eigenvalue weighted by Gasteiger charge is 2.77. The predicted molar refractivity (Wildman–Crippen MR) is 136 cm³/mol. The normalized spacial score (nSPS) is 31.5. The van der Waals surface area contributed by atoms with Crippen molar-refractivity contribution in [2.75, 3.05) is 39.3 Å². The van der Waals surface area contributed by atoms with Crippen molar-refractivity contribution >= 4 is 29.5 Å². The molecule has 2 unspecified atom stereocenters. The summed E-state index contributed by atoms with van der Waals surface area (Å²) >= 11 is 1.68. The Labute approximate surface area is 208 Å². The van der Waals surface area contributed by atoms with Crippen LogP contribution in [0.3, 0.4) is 0 Å². The summed E-state index contributed by atoms with van der Waals surface area (Å²) in [4.78, 5) is 46.9. The van der Waals surface area contributed by atoms with Gasteiger partial charge in [0.1, 0.15) is 6.04 Å². The van der Waals surface area contributed by atoms with Crippen molar-refractivity contribution in [3.05, 3.63) is 25.3 Å². The Morgan fingerprint density at radius 3 is 2.32 bits per heavy atom. The van der Waals surface area contributed by atoms with Crippen LogP contribution in [0.4, 0.5) is 0 Å². The van der Waals surface area contributed by atoms with E-state index in [0.29, 0.717) is 26.2 Å². The van der Waals surface area contributed by atoms with Crippen LogP contribution in [0.2, 0.25) is 0 Å². The van der Waals surface area contributed by atoms with Gasteiger partial charge in [-0.25, -0.2) is 0 Å².